The predicted octanol–water partition coefficient (Wildman–Crippen LogP) is 2.37. The summed E-state index contributed by atoms with van der Waals surface area (Å²) in [5, 5.41) is 3.44. The Morgan fingerprint density at radius 2 is 2.21 bits per heavy atom. The van der Waals surface area contributed by atoms with Crippen LogP contribution < -0.4 is 21.3 Å². The number of benzene rings is 1. The van der Waals surface area contributed by atoms with E-state index in [9.17, 15) is 4.79 Å². The highest BCUT2D eigenvalue weighted by molar-refractivity contribution is 6.31. The summed E-state index contributed by atoms with van der Waals surface area (Å²) >= 11 is 5.98. The minimum atomic E-state index is -0.147. The zero-order valence-electron chi connectivity index (χ0n) is 13.2. The molecule has 8 heteroatoms. The molecule has 0 saturated heterocycles. The first kappa shape index (κ1) is 16.3. The van der Waals surface area contributed by atoms with Crippen molar-refractivity contribution in [3.05, 3.63) is 44.8 Å². The fourth-order valence-electron chi connectivity index (χ4n) is 2.70. The second-order valence-electron chi connectivity index (χ2n) is 5.49. The number of nitrogens with two attached hydrogens (primary N) is 1. The Bertz CT molecular complexity index is 847. The number of rotatable bonds is 3. The van der Waals surface area contributed by atoms with Crippen LogP contribution in [-0.2, 0) is 12.8 Å². The van der Waals surface area contributed by atoms with Gasteiger partial charge in [-0.1, -0.05) is 11.6 Å². The van der Waals surface area contributed by atoms with Gasteiger partial charge in [-0.3, -0.25) is 9.78 Å². The normalized spacial score (nSPS) is 14.2. The standard InChI is InChI=1S/C16H18ClN5O2/c1-24-13-7-6-9(17)8-12(13)19-15(18)22-16-20-11-5-3-2-4-10(11)14(23)21-16/h6-8H,2-5H2,1H3,(H4,18,19,20,21,22,23). The van der Waals surface area contributed by atoms with Crippen molar-refractivity contribution in [3.63, 3.8) is 0 Å². The van der Waals surface area contributed by atoms with Crippen LogP contribution in [0.5, 0.6) is 5.75 Å². The van der Waals surface area contributed by atoms with E-state index < -0.39 is 0 Å². The van der Waals surface area contributed by atoms with E-state index in [1.165, 1.54) is 0 Å². The summed E-state index contributed by atoms with van der Waals surface area (Å²) in [7, 11) is 1.55. The third-order valence-corrected chi connectivity index (χ3v) is 4.06. The van der Waals surface area contributed by atoms with Crippen molar-refractivity contribution in [2.75, 3.05) is 12.4 Å². The number of hydrogen-bond donors (Lipinski definition) is 3. The largest absolute Gasteiger partial charge is 0.495 e. The number of H-pyrrole nitrogens is 1. The molecule has 0 radical (unpaired) electrons. The maximum absolute atomic E-state index is 12.1. The van der Waals surface area contributed by atoms with Crippen molar-refractivity contribution < 1.29 is 4.74 Å². The van der Waals surface area contributed by atoms with Gasteiger partial charge in [-0.05, 0) is 43.9 Å². The van der Waals surface area contributed by atoms with Gasteiger partial charge in [0, 0.05) is 10.6 Å². The van der Waals surface area contributed by atoms with Crippen LogP contribution in [0.25, 0.3) is 0 Å². The molecule has 0 amide bonds. The van der Waals surface area contributed by atoms with Gasteiger partial charge in [-0.25, -0.2) is 4.98 Å². The number of nitrogens with zero attached hydrogens (tertiary/aromatic N) is 2. The van der Waals surface area contributed by atoms with Crippen molar-refractivity contribution in [3.8, 4) is 5.75 Å². The maximum atomic E-state index is 12.1. The number of anilines is 1. The molecule has 7 nitrogen and oxygen atoms in total. The minimum absolute atomic E-state index is 0.0782. The Balaban J connectivity index is 1.88. The van der Waals surface area contributed by atoms with Crippen molar-refractivity contribution in [2.24, 2.45) is 10.7 Å². The van der Waals surface area contributed by atoms with Crippen LogP contribution in [0.1, 0.15) is 24.1 Å². The zero-order chi connectivity index (χ0) is 17.1. The second-order valence-corrected chi connectivity index (χ2v) is 5.92. The summed E-state index contributed by atoms with van der Waals surface area (Å²) < 4.78 is 5.24. The summed E-state index contributed by atoms with van der Waals surface area (Å²) in [5.41, 5.74) is 7.90. The van der Waals surface area contributed by atoms with E-state index in [4.69, 9.17) is 22.1 Å². The number of fused-ring (bicyclic) bond motifs is 1. The molecule has 0 saturated carbocycles. The molecule has 0 atom stereocenters. The highest BCUT2D eigenvalue weighted by Crippen LogP contribution is 2.27. The number of ether oxygens (including phenoxy) is 1. The Labute approximate surface area is 143 Å². The highest BCUT2D eigenvalue weighted by Gasteiger charge is 2.15. The Hall–Kier alpha value is -2.54. The quantitative estimate of drug-likeness (QED) is 0.584. The zero-order valence-corrected chi connectivity index (χ0v) is 14.0. The third kappa shape index (κ3) is 3.51. The maximum Gasteiger partial charge on any atom is 0.255 e. The van der Waals surface area contributed by atoms with E-state index in [-0.39, 0.29) is 17.5 Å². The highest BCUT2D eigenvalue weighted by atomic mass is 35.5. The molecule has 0 fully saturated rings. The third-order valence-electron chi connectivity index (χ3n) is 3.83. The van der Waals surface area contributed by atoms with Gasteiger partial charge >= 0.3 is 0 Å². The van der Waals surface area contributed by atoms with E-state index in [1.54, 1.807) is 25.3 Å². The molecule has 0 spiro atoms. The van der Waals surface area contributed by atoms with Crippen LogP contribution in [0, 0.1) is 0 Å². The van der Waals surface area contributed by atoms with Gasteiger partial charge in [0.05, 0.1) is 18.5 Å². The monoisotopic (exact) mass is 347 g/mol. The number of aromatic amines is 1. The van der Waals surface area contributed by atoms with Gasteiger partial charge < -0.3 is 15.8 Å². The Kier molecular flexibility index (Phi) is 4.71. The predicted molar refractivity (Wildman–Crippen MR) is 94.4 cm³/mol. The lowest BCUT2D eigenvalue weighted by Gasteiger charge is -2.14. The smallest absolute Gasteiger partial charge is 0.255 e. The Morgan fingerprint density at radius 1 is 1.42 bits per heavy atom. The summed E-state index contributed by atoms with van der Waals surface area (Å²) in [6.45, 7) is 0. The van der Waals surface area contributed by atoms with E-state index in [1.807, 2.05) is 0 Å². The number of aryl methyl sites for hydroxylation is 1. The SMILES string of the molecule is COc1ccc(Cl)cc1N/C(N)=N/c1nc2c(c(=O)[nH]1)CCCC2. The van der Waals surface area contributed by atoms with Crippen molar-refractivity contribution in [2.45, 2.75) is 25.7 Å². The summed E-state index contributed by atoms with van der Waals surface area (Å²) in [6, 6.07) is 5.10. The van der Waals surface area contributed by atoms with Gasteiger partial charge in [0.15, 0.2) is 0 Å². The van der Waals surface area contributed by atoms with Crippen LogP contribution in [0.4, 0.5) is 11.6 Å². The molecule has 24 heavy (non-hydrogen) atoms. The molecule has 0 bridgehead atoms. The molecule has 0 unspecified atom stereocenters. The topological polar surface area (TPSA) is 105 Å². The fourth-order valence-corrected chi connectivity index (χ4v) is 2.87. The summed E-state index contributed by atoms with van der Waals surface area (Å²) in [5.74, 6) is 0.838. The molecule has 0 aliphatic heterocycles. The summed E-state index contributed by atoms with van der Waals surface area (Å²) in [6.07, 6.45) is 3.59. The average molecular weight is 348 g/mol. The van der Waals surface area contributed by atoms with Crippen molar-refractivity contribution in [1.29, 1.82) is 0 Å². The Morgan fingerprint density at radius 3 is 3.00 bits per heavy atom. The van der Waals surface area contributed by atoms with Gasteiger partial charge in [0.2, 0.25) is 11.9 Å². The molecule has 2 aromatic rings. The number of hydrogen-bond acceptors (Lipinski definition) is 4. The lowest BCUT2D eigenvalue weighted by Crippen LogP contribution is -2.24. The average Bonchev–Trinajstić information content (AvgIpc) is 2.55. The lowest BCUT2D eigenvalue weighted by atomic mass is 9.97. The molecule has 4 N–H and O–H groups in total. The molecular weight excluding hydrogens is 330 g/mol. The van der Waals surface area contributed by atoms with Crippen LogP contribution in [-0.4, -0.2) is 23.0 Å². The van der Waals surface area contributed by atoms with Gasteiger partial charge in [0.1, 0.15) is 5.75 Å². The number of aliphatic imine (C=N–C) groups is 1. The molecule has 1 aromatic heterocycles. The van der Waals surface area contributed by atoms with E-state index in [0.717, 1.165) is 36.9 Å². The molecule has 1 aliphatic rings. The first-order valence-corrected chi connectivity index (χ1v) is 8.01. The lowest BCUT2D eigenvalue weighted by molar-refractivity contribution is 0.417. The first-order chi connectivity index (χ1) is 11.6. The van der Waals surface area contributed by atoms with Gasteiger partial charge in [-0.15, -0.1) is 0 Å². The van der Waals surface area contributed by atoms with E-state index in [2.05, 4.69) is 20.3 Å². The number of nitrogens with one attached hydrogen (secondary N) is 2. The summed E-state index contributed by atoms with van der Waals surface area (Å²) in [4.78, 5) is 23.3. The van der Waals surface area contributed by atoms with Gasteiger partial charge in [0.25, 0.3) is 5.56 Å². The number of methoxy groups -OCH3 is 1. The fraction of sp³-hybridized carbons (Fsp3) is 0.312. The minimum Gasteiger partial charge on any atom is -0.495 e. The van der Waals surface area contributed by atoms with Gasteiger partial charge in [-0.2, -0.15) is 4.99 Å². The molecule has 1 aliphatic carbocycles. The van der Waals surface area contributed by atoms with Crippen LogP contribution in [0.3, 0.4) is 0 Å². The number of aromatic nitrogens is 2. The molecule has 1 aromatic carbocycles. The number of halogens is 1. The molecule has 1 heterocycles. The molecule has 126 valence electrons. The van der Waals surface area contributed by atoms with Crippen LogP contribution in [0.15, 0.2) is 28.0 Å². The van der Waals surface area contributed by atoms with E-state index in [0.29, 0.717) is 16.5 Å². The second kappa shape index (κ2) is 6.92. The van der Waals surface area contributed by atoms with E-state index >= 15 is 0 Å². The van der Waals surface area contributed by atoms with Crippen LogP contribution >= 0.6 is 11.6 Å². The first-order valence-electron chi connectivity index (χ1n) is 7.63. The number of guanidine groups is 1. The molecular formula is C16H18ClN5O2. The van der Waals surface area contributed by atoms with Crippen molar-refractivity contribution >= 4 is 29.2 Å². The van der Waals surface area contributed by atoms with Crippen LogP contribution in [0.2, 0.25) is 5.02 Å². The molecule has 3 rings (SSSR count). The van der Waals surface area contributed by atoms with Crippen molar-refractivity contribution in [1.82, 2.24) is 9.97 Å².